The number of benzene rings is 1. The van der Waals surface area contributed by atoms with E-state index in [0.717, 1.165) is 0 Å². The molecule has 1 aromatic rings. The predicted molar refractivity (Wildman–Crippen MR) is 73.7 cm³/mol. The summed E-state index contributed by atoms with van der Waals surface area (Å²) in [4.78, 5) is 11.6. The summed E-state index contributed by atoms with van der Waals surface area (Å²) < 4.78 is 31.2. The van der Waals surface area contributed by atoms with Gasteiger partial charge in [-0.05, 0) is 36.6 Å². The molecule has 0 aliphatic heterocycles. The molecule has 1 unspecified atom stereocenters. The maximum absolute atomic E-state index is 12.2. The van der Waals surface area contributed by atoms with Gasteiger partial charge in [-0.3, -0.25) is 4.79 Å². The Balaban J connectivity index is 2.96. The van der Waals surface area contributed by atoms with Crippen molar-refractivity contribution in [1.82, 2.24) is 4.72 Å². The SMILES string of the molecule is COC(=O)C(CC(C)C)NS(=O)(=O)c1ccc(O)cc1. The minimum Gasteiger partial charge on any atom is -0.508 e. The van der Waals surface area contributed by atoms with Crippen molar-refractivity contribution in [3.63, 3.8) is 0 Å². The van der Waals surface area contributed by atoms with Gasteiger partial charge in [0.1, 0.15) is 11.8 Å². The van der Waals surface area contributed by atoms with Gasteiger partial charge in [-0.1, -0.05) is 13.8 Å². The topological polar surface area (TPSA) is 92.7 Å². The molecule has 2 N–H and O–H groups in total. The van der Waals surface area contributed by atoms with Gasteiger partial charge in [0.2, 0.25) is 10.0 Å². The smallest absolute Gasteiger partial charge is 0.323 e. The monoisotopic (exact) mass is 301 g/mol. The molecule has 0 aromatic heterocycles. The average molecular weight is 301 g/mol. The maximum atomic E-state index is 12.2. The number of aromatic hydroxyl groups is 1. The second kappa shape index (κ2) is 6.71. The number of rotatable bonds is 6. The summed E-state index contributed by atoms with van der Waals surface area (Å²) in [5, 5.41) is 9.16. The van der Waals surface area contributed by atoms with Crippen LogP contribution in [0.25, 0.3) is 0 Å². The van der Waals surface area contributed by atoms with Crippen molar-refractivity contribution < 1.29 is 23.1 Å². The number of phenols is 1. The second-order valence-corrected chi connectivity index (χ2v) is 6.53. The number of carbonyl (C=O) groups excluding carboxylic acids is 1. The van der Waals surface area contributed by atoms with Crippen molar-refractivity contribution in [2.24, 2.45) is 5.92 Å². The largest absolute Gasteiger partial charge is 0.508 e. The van der Waals surface area contributed by atoms with E-state index in [0.29, 0.717) is 6.42 Å². The number of hydrogen-bond donors (Lipinski definition) is 2. The number of hydrogen-bond acceptors (Lipinski definition) is 5. The molecule has 0 spiro atoms. The molecule has 6 nitrogen and oxygen atoms in total. The summed E-state index contributed by atoms with van der Waals surface area (Å²) in [6.07, 6.45) is 0.337. The van der Waals surface area contributed by atoms with Gasteiger partial charge in [-0.15, -0.1) is 0 Å². The molecule has 20 heavy (non-hydrogen) atoms. The number of carbonyl (C=O) groups is 1. The second-order valence-electron chi connectivity index (χ2n) is 4.82. The van der Waals surface area contributed by atoms with Crippen LogP contribution < -0.4 is 4.72 Å². The molecule has 0 saturated heterocycles. The van der Waals surface area contributed by atoms with Crippen molar-refractivity contribution in [3.8, 4) is 5.75 Å². The zero-order chi connectivity index (χ0) is 15.3. The molecule has 1 atom stereocenters. The average Bonchev–Trinajstić information content (AvgIpc) is 2.36. The van der Waals surface area contributed by atoms with Crippen molar-refractivity contribution in [1.29, 1.82) is 0 Å². The first-order valence-electron chi connectivity index (χ1n) is 6.15. The van der Waals surface area contributed by atoms with E-state index in [-0.39, 0.29) is 16.6 Å². The molecule has 1 aromatic carbocycles. The number of esters is 1. The third-order valence-electron chi connectivity index (χ3n) is 2.64. The molecule has 0 amide bonds. The summed E-state index contributed by atoms with van der Waals surface area (Å²) in [7, 11) is -2.63. The first-order valence-corrected chi connectivity index (χ1v) is 7.63. The van der Waals surface area contributed by atoms with Gasteiger partial charge in [0.25, 0.3) is 0 Å². The van der Waals surface area contributed by atoms with Crippen LogP contribution >= 0.6 is 0 Å². The van der Waals surface area contributed by atoms with Crippen LogP contribution in [-0.2, 0) is 19.6 Å². The first-order chi connectivity index (χ1) is 9.26. The van der Waals surface area contributed by atoms with Crippen molar-refractivity contribution in [3.05, 3.63) is 24.3 Å². The molecule has 1 rings (SSSR count). The highest BCUT2D eigenvalue weighted by Crippen LogP contribution is 2.16. The van der Waals surface area contributed by atoms with Gasteiger partial charge in [-0.25, -0.2) is 8.42 Å². The normalized spacial score (nSPS) is 13.2. The van der Waals surface area contributed by atoms with Gasteiger partial charge >= 0.3 is 5.97 Å². The van der Waals surface area contributed by atoms with Crippen LogP contribution in [0.5, 0.6) is 5.75 Å². The van der Waals surface area contributed by atoms with Crippen LogP contribution in [-0.4, -0.2) is 32.6 Å². The van der Waals surface area contributed by atoms with Gasteiger partial charge in [0, 0.05) is 0 Å². The van der Waals surface area contributed by atoms with E-state index in [9.17, 15) is 13.2 Å². The number of ether oxygens (including phenoxy) is 1. The molecule has 0 radical (unpaired) electrons. The Morgan fingerprint density at radius 3 is 2.30 bits per heavy atom. The van der Waals surface area contributed by atoms with E-state index in [1.165, 1.54) is 31.4 Å². The Morgan fingerprint density at radius 2 is 1.85 bits per heavy atom. The minimum atomic E-state index is -3.84. The standard InChI is InChI=1S/C13H19NO5S/c1-9(2)8-12(13(16)19-3)14-20(17,18)11-6-4-10(15)5-7-11/h4-7,9,12,14-15H,8H2,1-3H3. The molecule has 112 valence electrons. The van der Waals surface area contributed by atoms with Crippen LogP contribution in [0.1, 0.15) is 20.3 Å². The number of phenolic OH excluding ortho intramolecular Hbond substituents is 1. The van der Waals surface area contributed by atoms with E-state index >= 15 is 0 Å². The summed E-state index contributed by atoms with van der Waals surface area (Å²) in [5.41, 5.74) is 0. The van der Waals surface area contributed by atoms with Crippen molar-refractivity contribution >= 4 is 16.0 Å². The van der Waals surface area contributed by atoms with E-state index in [1.807, 2.05) is 13.8 Å². The lowest BCUT2D eigenvalue weighted by molar-refractivity contribution is -0.143. The third-order valence-corrected chi connectivity index (χ3v) is 4.12. The Hall–Kier alpha value is -1.60. The van der Waals surface area contributed by atoms with E-state index in [2.05, 4.69) is 9.46 Å². The lowest BCUT2D eigenvalue weighted by Gasteiger charge is -2.18. The Labute approximate surface area is 118 Å². The Bertz CT molecular complexity index is 551. The van der Waals surface area contributed by atoms with E-state index in [1.54, 1.807) is 0 Å². The summed E-state index contributed by atoms with van der Waals surface area (Å²) in [6.45, 7) is 3.76. The first kappa shape index (κ1) is 16.5. The zero-order valence-corrected chi connectivity index (χ0v) is 12.5. The molecule has 0 aliphatic carbocycles. The van der Waals surface area contributed by atoms with Crippen LogP contribution in [0.4, 0.5) is 0 Å². The fraction of sp³-hybridized carbons (Fsp3) is 0.462. The highest BCUT2D eigenvalue weighted by atomic mass is 32.2. The quantitative estimate of drug-likeness (QED) is 0.772. The molecule has 0 saturated carbocycles. The summed E-state index contributed by atoms with van der Waals surface area (Å²) in [6, 6.07) is 4.13. The molecule has 0 fully saturated rings. The van der Waals surface area contributed by atoms with Gasteiger partial charge < -0.3 is 9.84 Å². The lowest BCUT2D eigenvalue weighted by Crippen LogP contribution is -2.42. The van der Waals surface area contributed by atoms with Crippen molar-refractivity contribution in [2.45, 2.75) is 31.2 Å². The van der Waals surface area contributed by atoms with Crippen molar-refractivity contribution in [2.75, 3.05) is 7.11 Å². The van der Waals surface area contributed by atoms with Crippen LogP contribution in [0, 0.1) is 5.92 Å². The van der Waals surface area contributed by atoms with Gasteiger partial charge in [0.05, 0.1) is 12.0 Å². The predicted octanol–water partition coefficient (Wildman–Crippen LogP) is 1.26. The minimum absolute atomic E-state index is 0.0204. The molecule has 0 heterocycles. The highest BCUT2D eigenvalue weighted by molar-refractivity contribution is 7.89. The van der Waals surface area contributed by atoms with Gasteiger partial charge in [0.15, 0.2) is 0 Å². The summed E-state index contributed by atoms with van der Waals surface area (Å²) >= 11 is 0. The fourth-order valence-electron chi connectivity index (χ4n) is 1.69. The summed E-state index contributed by atoms with van der Waals surface area (Å²) in [5.74, 6) is -0.529. The van der Waals surface area contributed by atoms with E-state index < -0.39 is 22.0 Å². The molecular formula is C13H19NO5S. The maximum Gasteiger partial charge on any atom is 0.323 e. The van der Waals surface area contributed by atoms with Crippen LogP contribution in [0.3, 0.4) is 0 Å². The Kier molecular flexibility index (Phi) is 5.52. The highest BCUT2D eigenvalue weighted by Gasteiger charge is 2.27. The number of nitrogens with one attached hydrogen (secondary N) is 1. The lowest BCUT2D eigenvalue weighted by atomic mass is 10.1. The molecule has 0 aliphatic rings. The number of methoxy groups -OCH3 is 1. The number of sulfonamides is 1. The van der Waals surface area contributed by atoms with Crippen LogP contribution in [0.2, 0.25) is 0 Å². The van der Waals surface area contributed by atoms with Crippen LogP contribution in [0.15, 0.2) is 29.2 Å². The van der Waals surface area contributed by atoms with Gasteiger partial charge in [-0.2, -0.15) is 4.72 Å². The van der Waals surface area contributed by atoms with E-state index in [4.69, 9.17) is 5.11 Å². The molecule has 0 bridgehead atoms. The third kappa shape index (κ3) is 4.50. The molecular weight excluding hydrogens is 282 g/mol. The fourth-order valence-corrected chi connectivity index (χ4v) is 2.88. The molecule has 7 heteroatoms. The zero-order valence-electron chi connectivity index (χ0n) is 11.7. The Morgan fingerprint density at radius 1 is 1.30 bits per heavy atom.